The highest BCUT2D eigenvalue weighted by molar-refractivity contribution is 9.10. The van der Waals surface area contributed by atoms with Crippen LogP contribution in [0.2, 0.25) is 10.0 Å². The van der Waals surface area contributed by atoms with Crippen LogP contribution in [0, 0.1) is 0 Å². The highest BCUT2D eigenvalue weighted by atomic mass is 79.9. The Balaban J connectivity index is 2.41. The molecule has 0 heterocycles. The molecule has 0 aliphatic heterocycles. The van der Waals surface area contributed by atoms with Gasteiger partial charge in [0.15, 0.2) is 0 Å². The van der Waals surface area contributed by atoms with E-state index in [0.717, 1.165) is 15.0 Å². The van der Waals surface area contributed by atoms with E-state index < -0.39 is 28.5 Å². The monoisotopic (exact) mass is 577 g/mol. The van der Waals surface area contributed by atoms with E-state index in [1.165, 1.54) is 4.90 Å². The molecule has 2 aromatic rings. The van der Waals surface area contributed by atoms with Crippen LogP contribution in [0.5, 0.6) is 0 Å². The second-order valence-electron chi connectivity index (χ2n) is 7.84. The summed E-state index contributed by atoms with van der Waals surface area (Å²) in [5, 5.41) is 3.56. The minimum Gasteiger partial charge on any atom is -0.352 e. The summed E-state index contributed by atoms with van der Waals surface area (Å²) in [5.41, 5.74) is 0.908. The number of anilines is 1. The number of nitrogens with zero attached hydrogens (tertiary/aromatic N) is 2. The number of carbonyl (C=O) groups excluding carboxylic acids is 2. The second kappa shape index (κ2) is 11.6. The summed E-state index contributed by atoms with van der Waals surface area (Å²) in [7, 11) is -3.78. The third kappa shape index (κ3) is 7.88. The molecule has 2 rings (SSSR count). The van der Waals surface area contributed by atoms with E-state index in [1.54, 1.807) is 49.4 Å². The average molecular weight is 579 g/mol. The van der Waals surface area contributed by atoms with Gasteiger partial charge in [-0.25, -0.2) is 8.42 Å². The van der Waals surface area contributed by atoms with E-state index in [1.807, 2.05) is 13.8 Å². The third-order valence-corrected chi connectivity index (χ3v) is 7.00. The van der Waals surface area contributed by atoms with Crippen molar-refractivity contribution < 1.29 is 18.0 Å². The number of nitrogens with one attached hydrogen (secondary N) is 1. The van der Waals surface area contributed by atoms with Gasteiger partial charge in [0, 0.05) is 27.1 Å². The maximum Gasteiger partial charge on any atom is 0.244 e. The number of hydrogen-bond donors (Lipinski definition) is 1. The SMILES string of the molecule is CC(C)NC(=O)[C@H](C)N(Cc1ccc(Cl)cc1Cl)C(=O)CN(c1ccc(Br)cc1)S(C)(=O)=O. The molecule has 0 spiro atoms. The summed E-state index contributed by atoms with van der Waals surface area (Å²) in [4.78, 5) is 27.4. The van der Waals surface area contributed by atoms with Crippen LogP contribution in [0.4, 0.5) is 5.69 Å². The van der Waals surface area contributed by atoms with Crippen molar-refractivity contribution in [3.8, 4) is 0 Å². The number of rotatable bonds is 9. The summed E-state index contributed by atoms with van der Waals surface area (Å²) in [6.07, 6.45) is 1.03. The third-order valence-electron chi connectivity index (χ3n) is 4.75. The number of hydrogen-bond acceptors (Lipinski definition) is 4. The zero-order chi connectivity index (χ0) is 24.9. The van der Waals surface area contributed by atoms with Crippen LogP contribution in [0.1, 0.15) is 26.3 Å². The van der Waals surface area contributed by atoms with E-state index in [2.05, 4.69) is 21.2 Å². The van der Waals surface area contributed by atoms with Gasteiger partial charge in [0.25, 0.3) is 0 Å². The molecule has 0 fully saturated rings. The van der Waals surface area contributed by atoms with E-state index in [-0.39, 0.29) is 18.5 Å². The smallest absolute Gasteiger partial charge is 0.244 e. The van der Waals surface area contributed by atoms with Crippen LogP contribution in [0.25, 0.3) is 0 Å². The topological polar surface area (TPSA) is 86.8 Å². The van der Waals surface area contributed by atoms with Gasteiger partial charge in [-0.1, -0.05) is 45.2 Å². The molecule has 0 saturated carbocycles. The van der Waals surface area contributed by atoms with Gasteiger partial charge in [0.05, 0.1) is 11.9 Å². The summed E-state index contributed by atoms with van der Waals surface area (Å²) in [5.74, 6) is -0.918. The van der Waals surface area contributed by atoms with Gasteiger partial charge >= 0.3 is 0 Å². The molecule has 0 saturated heterocycles. The second-order valence-corrected chi connectivity index (χ2v) is 11.5. The molecule has 7 nitrogen and oxygen atoms in total. The lowest BCUT2D eigenvalue weighted by Gasteiger charge is -2.32. The van der Waals surface area contributed by atoms with Crippen molar-refractivity contribution in [3.63, 3.8) is 0 Å². The molecule has 0 unspecified atom stereocenters. The Labute approximate surface area is 213 Å². The van der Waals surface area contributed by atoms with Gasteiger partial charge in [-0.05, 0) is 62.7 Å². The number of carbonyl (C=O) groups is 2. The Morgan fingerprint density at radius 3 is 2.18 bits per heavy atom. The van der Waals surface area contributed by atoms with Crippen LogP contribution in [0.3, 0.4) is 0 Å². The summed E-state index contributed by atoms with van der Waals surface area (Å²) in [6, 6.07) is 10.4. The highest BCUT2D eigenvalue weighted by Crippen LogP contribution is 2.25. The fraction of sp³-hybridized carbons (Fsp3) is 0.364. The first-order chi connectivity index (χ1) is 15.3. The van der Waals surface area contributed by atoms with Crippen molar-refractivity contribution in [2.45, 2.75) is 39.4 Å². The Morgan fingerprint density at radius 2 is 1.67 bits per heavy atom. The lowest BCUT2D eigenvalue weighted by atomic mass is 10.1. The predicted molar refractivity (Wildman–Crippen MR) is 136 cm³/mol. The van der Waals surface area contributed by atoms with Crippen LogP contribution < -0.4 is 9.62 Å². The van der Waals surface area contributed by atoms with Gasteiger partial charge < -0.3 is 10.2 Å². The molecule has 0 aliphatic rings. The Bertz CT molecular complexity index is 1110. The van der Waals surface area contributed by atoms with E-state index in [4.69, 9.17) is 23.2 Å². The Hall–Kier alpha value is -1.81. The van der Waals surface area contributed by atoms with Crippen molar-refractivity contribution in [2.75, 3.05) is 17.1 Å². The Morgan fingerprint density at radius 1 is 1.06 bits per heavy atom. The molecule has 33 heavy (non-hydrogen) atoms. The maximum absolute atomic E-state index is 13.4. The first-order valence-electron chi connectivity index (χ1n) is 10.1. The molecular formula is C22H26BrCl2N3O4S. The Kier molecular flexibility index (Phi) is 9.60. The fourth-order valence-electron chi connectivity index (χ4n) is 3.04. The number of amides is 2. The minimum absolute atomic E-state index is 0.000538. The largest absolute Gasteiger partial charge is 0.352 e. The summed E-state index contributed by atoms with van der Waals surface area (Å²) < 4.78 is 26.8. The molecule has 0 radical (unpaired) electrons. The zero-order valence-electron chi connectivity index (χ0n) is 18.7. The van der Waals surface area contributed by atoms with E-state index in [0.29, 0.717) is 21.3 Å². The summed E-state index contributed by atoms with van der Waals surface area (Å²) >= 11 is 15.6. The van der Waals surface area contributed by atoms with Crippen molar-refractivity contribution in [3.05, 3.63) is 62.5 Å². The molecule has 1 N–H and O–H groups in total. The highest BCUT2D eigenvalue weighted by Gasteiger charge is 2.30. The van der Waals surface area contributed by atoms with Gasteiger partial charge in [0.1, 0.15) is 12.6 Å². The van der Waals surface area contributed by atoms with Crippen LogP contribution >= 0.6 is 39.1 Å². The van der Waals surface area contributed by atoms with Gasteiger partial charge in [-0.2, -0.15) is 0 Å². The van der Waals surface area contributed by atoms with E-state index >= 15 is 0 Å². The predicted octanol–water partition coefficient (Wildman–Crippen LogP) is 4.46. The van der Waals surface area contributed by atoms with Crippen LogP contribution in [-0.4, -0.2) is 50.0 Å². The van der Waals surface area contributed by atoms with E-state index in [9.17, 15) is 18.0 Å². The lowest BCUT2D eigenvalue weighted by molar-refractivity contribution is -0.139. The number of halogens is 3. The minimum atomic E-state index is -3.78. The molecule has 2 amide bonds. The lowest BCUT2D eigenvalue weighted by Crippen LogP contribution is -2.52. The van der Waals surface area contributed by atoms with Crippen molar-refractivity contribution in [1.29, 1.82) is 0 Å². The van der Waals surface area contributed by atoms with Crippen LogP contribution in [-0.2, 0) is 26.2 Å². The van der Waals surface area contributed by atoms with Crippen molar-refractivity contribution in [2.24, 2.45) is 0 Å². The molecule has 2 aromatic carbocycles. The normalized spacial score (nSPS) is 12.4. The average Bonchev–Trinajstić information content (AvgIpc) is 2.70. The molecule has 0 aromatic heterocycles. The van der Waals surface area contributed by atoms with Gasteiger partial charge in [-0.15, -0.1) is 0 Å². The number of sulfonamides is 1. The molecular weight excluding hydrogens is 553 g/mol. The first-order valence-corrected chi connectivity index (χ1v) is 13.5. The molecule has 180 valence electrons. The molecule has 1 atom stereocenters. The fourth-order valence-corrected chi connectivity index (χ4v) is 4.62. The molecule has 11 heteroatoms. The van der Waals surface area contributed by atoms with Crippen molar-refractivity contribution >= 4 is 66.7 Å². The van der Waals surface area contributed by atoms with Crippen molar-refractivity contribution in [1.82, 2.24) is 10.2 Å². The molecule has 0 bridgehead atoms. The number of benzene rings is 2. The quantitative estimate of drug-likeness (QED) is 0.476. The maximum atomic E-state index is 13.4. The summed E-state index contributed by atoms with van der Waals surface area (Å²) in [6.45, 7) is 4.73. The first kappa shape index (κ1) is 27.4. The van der Waals surface area contributed by atoms with Gasteiger partial charge in [-0.3, -0.25) is 13.9 Å². The molecule has 0 aliphatic carbocycles. The standard InChI is InChI=1S/C22H26BrCl2N3O4S/c1-14(2)26-22(30)15(3)27(12-16-5-8-18(24)11-20(16)25)21(29)13-28(33(4,31)32)19-9-6-17(23)7-10-19/h5-11,14-15H,12-13H2,1-4H3,(H,26,30)/t15-/m0/s1. The zero-order valence-corrected chi connectivity index (χ0v) is 22.6. The van der Waals surface area contributed by atoms with Crippen LogP contribution in [0.15, 0.2) is 46.9 Å². The van der Waals surface area contributed by atoms with Gasteiger partial charge in [0.2, 0.25) is 21.8 Å².